The Bertz CT molecular complexity index is 1140. The normalized spacial score (nSPS) is 18.3. The van der Waals surface area contributed by atoms with Crippen LogP contribution in [0, 0.1) is 11.8 Å². The summed E-state index contributed by atoms with van der Waals surface area (Å²) >= 11 is 0. The van der Waals surface area contributed by atoms with Crippen molar-refractivity contribution < 1.29 is 23.8 Å². The monoisotopic (exact) mass is 566 g/mol. The van der Waals surface area contributed by atoms with E-state index in [1.54, 1.807) is 37.3 Å². The van der Waals surface area contributed by atoms with Gasteiger partial charge in [0.15, 0.2) is 11.5 Å². The quantitative estimate of drug-likeness (QED) is 0.339. The molecule has 1 saturated heterocycles. The molecule has 1 N–H and O–H groups in total. The Morgan fingerprint density at radius 1 is 0.951 bits per heavy atom. The number of hydrogen-bond donors (Lipinski definition) is 1. The SMILES string of the molecule is COCCCOc1cc(C(=O)N(C[C@@H]2CNC[C@H]2CN(C(=O)N(C)c2ccccc2)C2CC2)C(C)C)ccc1OC. The van der Waals surface area contributed by atoms with Crippen molar-refractivity contribution in [2.24, 2.45) is 11.8 Å². The fraction of sp³-hybridized carbons (Fsp3) is 0.562. The van der Waals surface area contributed by atoms with E-state index >= 15 is 0 Å². The zero-order valence-corrected chi connectivity index (χ0v) is 25.2. The molecule has 1 saturated carbocycles. The summed E-state index contributed by atoms with van der Waals surface area (Å²) < 4.78 is 16.5. The molecule has 2 aromatic carbocycles. The smallest absolute Gasteiger partial charge is 0.324 e. The van der Waals surface area contributed by atoms with Gasteiger partial charge in [-0.15, -0.1) is 0 Å². The molecule has 1 aliphatic heterocycles. The first-order chi connectivity index (χ1) is 19.8. The van der Waals surface area contributed by atoms with Crippen molar-refractivity contribution in [3.8, 4) is 11.5 Å². The standard InChI is InChI=1S/C32H46N4O5/c1-23(2)35(31(37)24-12-15-29(40-5)30(18-24)41-17-9-16-39-4)21-25-19-33-20-26(25)22-36(28-13-14-28)32(38)34(3)27-10-7-6-8-11-27/h6-8,10-12,15,18,23,25-26,28,33H,9,13-14,16-17,19-22H2,1-5H3/t25-,26-/m0/s1. The number of methoxy groups -OCH3 is 2. The predicted octanol–water partition coefficient (Wildman–Crippen LogP) is 4.52. The van der Waals surface area contributed by atoms with Crippen LogP contribution in [0.15, 0.2) is 48.5 Å². The molecule has 3 amide bonds. The van der Waals surface area contributed by atoms with Crippen molar-refractivity contribution in [2.45, 2.75) is 45.2 Å². The zero-order valence-electron chi connectivity index (χ0n) is 25.2. The molecule has 0 radical (unpaired) electrons. The van der Waals surface area contributed by atoms with Gasteiger partial charge in [-0.25, -0.2) is 4.79 Å². The molecule has 2 atom stereocenters. The molecule has 2 aliphatic rings. The van der Waals surface area contributed by atoms with Crippen LogP contribution in [0.2, 0.25) is 0 Å². The summed E-state index contributed by atoms with van der Waals surface area (Å²) in [5.41, 5.74) is 1.46. The largest absolute Gasteiger partial charge is 0.493 e. The number of benzene rings is 2. The summed E-state index contributed by atoms with van der Waals surface area (Å²) in [6.07, 6.45) is 2.83. The van der Waals surface area contributed by atoms with Crippen molar-refractivity contribution in [3.05, 3.63) is 54.1 Å². The molecule has 41 heavy (non-hydrogen) atoms. The van der Waals surface area contributed by atoms with Gasteiger partial charge in [-0.05, 0) is 68.9 Å². The van der Waals surface area contributed by atoms with E-state index in [-0.39, 0.29) is 29.8 Å². The number of anilines is 1. The average molecular weight is 567 g/mol. The highest BCUT2D eigenvalue weighted by Gasteiger charge is 2.39. The molecule has 4 rings (SSSR count). The van der Waals surface area contributed by atoms with E-state index in [2.05, 4.69) is 24.1 Å². The molecule has 0 spiro atoms. The number of nitrogens with zero attached hydrogens (tertiary/aromatic N) is 3. The lowest BCUT2D eigenvalue weighted by Crippen LogP contribution is -2.47. The van der Waals surface area contributed by atoms with Gasteiger partial charge in [-0.2, -0.15) is 0 Å². The molecule has 0 unspecified atom stereocenters. The highest BCUT2D eigenvalue weighted by atomic mass is 16.5. The summed E-state index contributed by atoms with van der Waals surface area (Å²) in [6.45, 7) is 8.13. The van der Waals surface area contributed by atoms with Crippen LogP contribution in [0.5, 0.6) is 11.5 Å². The van der Waals surface area contributed by atoms with Crippen molar-refractivity contribution in [1.82, 2.24) is 15.1 Å². The molecule has 1 heterocycles. The number of ether oxygens (including phenoxy) is 3. The van der Waals surface area contributed by atoms with E-state index in [4.69, 9.17) is 14.2 Å². The first-order valence-corrected chi connectivity index (χ1v) is 14.7. The second-order valence-corrected chi connectivity index (χ2v) is 11.4. The Morgan fingerprint density at radius 3 is 2.29 bits per heavy atom. The van der Waals surface area contributed by atoms with Gasteiger partial charge >= 0.3 is 6.03 Å². The lowest BCUT2D eigenvalue weighted by atomic mass is 9.94. The van der Waals surface area contributed by atoms with E-state index in [0.29, 0.717) is 49.4 Å². The minimum absolute atomic E-state index is 0.0160. The number of nitrogens with one attached hydrogen (secondary N) is 1. The van der Waals surface area contributed by atoms with Crippen LogP contribution in [0.3, 0.4) is 0 Å². The third-order valence-corrected chi connectivity index (χ3v) is 8.05. The van der Waals surface area contributed by atoms with Gasteiger partial charge in [-0.3, -0.25) is 9.69 Å². The van der Waals surface area contributed by atoms with Crippen LogP contribution in [0.25, 0.3) is 0 Å². The zero-order chi connectivity index (χ0) is 29.4. The minimum atomic E-state index is -0.0334. The molecule has 9 heteroatoms. The predicted molar refractivity (Wildman–Crippen MR) is 161 cm³/mol. The highest BCUT2D eigenvalue weighted by Crippen LogP contribution is 2.33. The molecule has 2 fully saturated rings. The summed E-state index contributed by atoms with van der Waals surface area (Å²) in [5.74, 6) is 1.61. The van der Waals surface area contributed by atoms with Gasteiger partial charge in [-0.1, -0.05) is 18.2 Å². The number of hydrogen-bond acceptors (Lipinski definition) is 6. The molecular formula is C32H46N4O5. The highest BCUT2D eigenvalue weighted by molar-refractivity contribution is 5.95. The first-order valence-electron chi connectivity index (χ1n) is 14.7. The summed E-state index contributed by atoms with van der Waals surface area (Å²) in [4.78, 5) is 33.1. The Hall–Kier alpha value is -3.30. The molecule has 0 aromatic heterocycles. The van der Waals surface area contributed by atoms with Crippen LogP contribution in [-0.4, -0.2) is 94.5 Å². The third kappa shape index (κ3) is 7.92. The van der Waals surface area contributed by atoms with Gasteiger partial charge in [0.1, 0.15) is 0 Å². The van der Waals surface area contributed by atoms with Gasteiger partial charge in [0.05, 0.1) is 13.7 Å². The average Bonchev–Trinajstić information content (AvgIpc) is 3.74. The molecule has 224 valence electrons. The Kier molecular flexibility index (Phi) is 10.9. The van der Waals surface area contributed by atoms with E-state index in [1.807, 2.05) is 42.3 Å². The summed E-state index contributed by atoms with van der Waals surface area (Å²) in [7, 11) is 5.11. The van der Waals surface area contributed by atoms with Gasteiger partial charge in [0, 0.05) is 76.7 Å². The van der Waals surface area contributed by atoms with E-state index in [0.717, 1.165) is 38.0 Å². The number of carbonyl (C=O) groups excluding carboxylic acids is 2. The minimum Gasteiger partial charge on any atom is -0.493 e. The number of urea groups is 1. The number of para-hydroxylation sites is 1. The van der Waals surface area contributed by atoms with Crippen LogP contribution in [0.1, 0.15) is 43.5 Å². The molecular weight excluding hydrogens is 520 g/mol. The van der Waals surface area contributed by atoms with E-state index in [9.17, 15) is 9.59 Å². The van der Waals surface area contributed by atoms with Crippen molar-refractivity contribution >= 4 is 17.6 Å². The van der Waals surface area contributed by atoms with Crippen LogP contribution >= 0.6 is 0 Å². The van der Waals surface area contributed by atoms with E-state index in [1.165, 1.54) is 0 Å². The molecule has 0 bridgehead atoms. The Morgan fingerprint density at radius 2 is 1.66 bits per heavy atom. The number of carbonyl (C=O) groups is 2. The second kappa shape index (κ2) is 14.5. The number of amides is 3. The van der Waals surface area contributed by atoms with E-state index < -0.39 is 0 Å². The van der Waals surface area contributed by atoms with Crippen LogP contribution in [-0.2, 0) is 4.74 Å². The fourth-order valence-electron chi connectivity index (χ4n) is 5.45. The summed E-state index contributed by atoms with van der Waals surface area (Å²) in [5, 5.41) is 3.53. The van der Waals surface area contributed by atoms with Crippen molar-refractivity contribution in [3.63, 3.8) is 0 Å². The lowest BCUT2D eigenvalue weighted by Gasteiger charge is -2.35. The maximum Gasteiger partial charge on any atom is 0.324 e. The summed E-state index contributed by atoms with van der Waals surface area (Å²) in [6, 6.07) is 15.5. The van der Waals surface area contributed by atoms with Gasteiger partial charge in [0.2, 0.25) is 0 Å². The third-order valence-electron chi connectivity index (χ3n) is 8.05. The molecule has 1 aliphatic carbocycles. The first kappa shape index (κ1) is 30.7. The topological polar surface area (TPSA) is 83.6 Å². The maximum atomic E-state index is 13.8. The van der Waals surface area contributed by atoms with Crippen molar-refractivity contribution in [1.29, 1.82) is 0 Å². The van der Waals surface area contributed by atoms with Gasteiger partial charge < -0.3 is 29.3 Å². The van der Waals surface area contributed by atoms with Crippen LogP contribution in [0.4, 0.5) is 10.5 Å². The van der Waals surface area contributed by atoms with Gasteiger partial charge in [0.25, 0.3) is 5.91 Å². The van der Waals surface area contributed by atoms with Crippen LogP contribution < -0.4 is 19.7 Å². The molecule has 9 nitrogen and oxygen atoms in total. The van der Waals surface area contributed by atoms with Crippen molar-refractivity contribution in [2.75, 3.05) is 65.6 Å². The molecule has 2 aromatic rings. The number of rotatable bonds is 14. The Labute approximate surface area is 244 Å². The maximum absolute atomic E-state index is 13.8. The second-order valence-electron chi connectivity index (χ2n) is 11.4. The lowest BCUT2D eigenvalue weighted by molar-refractivity contribution is 0.0653. The fourth-order valence-corrected chi connectivity index (χ4v) is 5.45. The Balaban J connectivity index is 1.45.